The molecule has 0 spiro atoms. The molecule has 15 heavy (non-hydrogen) atoms. The zero-order valence-corrected chi connectivity index (χ0v) is 9.36. The predicted octanol–water partition coefficient (Wildman–Crippen LogP) is 1.52. The number of rotatable bonds is 3. The number of alkyl halides is 1. The van der Waals surface area contributed by atoms with E-state index in [-0.39, 0.29) is 6.10 Å². The van der Waals surface area contributed by atoms with Crippen molar-refractivity contribution in [2.45, 2.75) is 12.6 Å². The molecule has 1 unspecified atom stereocenters. The molecule has 1 aromatic rings. The van der Waals surface area contributed by atoms with Gasteiger partial charge in [0.2, 0.25) is 0 Å². The van der Waals surface area contributed by atoms with Crippen molar-refractivity contribution in [1.29, 1.82) is 0 Å². The standard InChI is InChI=1S/C11H15ClN2O/c12-7-11-9-14(5-6-15-11)8-10-1-3-13-4-2-10/h1-4,11H,5-9H2. The van der Waals surface area contributed by atoms with E-state index in [1.54, 1.807) is 0 Å². The Hall–Kier alpha value is -0.640. The van der Waals surface area contributed by atoms with Crippen molar-refractivity contribution in [2.75, 3.05) is 25.6 Å². The number of morpholine rings is 1. The van der Waals surface area contributed by atoms with Crippen LogP contribution in [-0.4, -0.2) is 41.6 Å². The highest BCUT2D eigenvalue weighted by Gasteiger charge is 2.19. The largest absolute Gasteiger partial charge is 0.374 e. The van der Waals surface area contributed by atoms with Crippen molar-refractivity contribution in [1.82, 2.24) is 9.88 Å². The minimum absolute atomic E-state index is 0.183. The first-order valence-corrected chi connectivity index (χ1v) is 5.71. The van der Waals surface area contributed by atoms with Crippen LogP contribution in [0.4, 0.5) is 0 Å². The van der Waals surface area contributed by atoms with Gasteiger partial charge in [0.15, 0.2) is 0 Å². The van der Waals surface area contributed by atoms with E-state index in [1.807, 2.05) is 24.5 Å². The van der Waals surface area contributed by atoms with Gasteiger partial charge in [0.1, 0.15) is 0 Å². The van der Waals surface area contributed by atoms with E-state index in [2.05, 4.69) is 9.88 Å². The zero-order chi connectivity index (χ0) is 10.5. The van der Waals surface area contributed by atoms with Gasteiger partial charge >= 0.3 is 0 Å². The Kier molecular flexibility index (Phi) is 3.94. The molecular weight excluding hydrogens is 212 g/mol. The van der Waals surface area contributed by atoms with Gasteiger partial charge < -0.3 is 4.74 Å². The lowest BCUT2D eigenvalue weighted by atomic mass is 10.2. The zero-order valence-electron chi connectivity index (χ0n) is 8.60. The summed E-state index contributed by atoms with van der Waals surface area (Å²) in [5.74, 6) is 0.576. The summed E-state index contributed by atoms with van der Waals surface area (Å²) >= 11 is 5.79. The Morgan fingerprint density at radius 3 is 3.00 bits per heavy atom. The second-order valence-corrected chi connectivity index (χ2v) is 4.05. The summed E-state index contributed by atoms with van der Waals surface area (Å²) in [5.41, 5.74) is 1.29. The maximum atomic E-state index is 5.79. The first kappa shape index (κ1) is 10.9. The lowest BCUT2D eigenvalue weighted by Gasteiger charge is -2.31. The summed E-state index contributed by atoms with van der Waals surface area (Å²) in [4.78, 5) is 6.37. The van der Waals surface area contributed by atoms with E-state index in [4.69, 9.17) is 16.3 Å². The molecule has 1 atom stereocenters. The topological polar surface area (TPSA) is 25.4 Å². The van der Waals surface area contributed by atoms with Crippen LogP contribution in [-0.2, 0) is 11.3 Å². The van der Waals surface area contributed by atoms with Crippen LogP contribution >= 0.6 is 11.6 Å². The molecule has 2 heterocycles. The number of aromatic nitrogens is 1. The summed E-state index contributed by atoms with van der Waals surface area (Å²) < 4.78 is 5.51. The molecule has 0 aromatic carbocycles. The summed E-state index contributed by atoms with van der Waals surface area (Å²) in [6, 6.07) is 4.09. The fourth-order valence-corrected chi connectivity index (χ4v) is 1.95. The number of ether oxygens (including phenoxy) is 1. The monoisotopic (exact) mass is 226 g/mol. The summed E-state index contributed by atoms with van der Waals surface area (Å²) in [6.07, 6.45) is 3.84. The fourth-order valence-electron chi connectivity index (χ4n) is 1.76. The molecule has 1 aliphatic rings. The van der Waals surface area contributed by atoms with Crippen molar-refractivity contribution in [3.63, 3.8) is 0 Å². The van der Waals surface area contributed by atoms with Crippen LogP contribution in [0.15, 0.2) is 24.5 Å². The van der Waals surface area contributed by atoms with Gasteiger partial charge in [-0.25, -0.2) is 0 Å². The SMILES string of the molecule is ClCC1CN(Cc2ccncc2)CCO1. The number of nitrogens with zero attached hydrogens (tertiary/aromatic N) is 2. The molecule has 0 N–H and O–H groups in total. The maximum absolute atomic E-state index is 5.79. The molecule has 0 amide bonds. The molecule has 0 saturated carbocycles. The van der Waals surface area contributed by atoms with Gasteiger partial charge in [-0.05, 0) is 17.7 Å². The fraction of sp³-hybridized carbons (Fsp3) is 0.545. The van der Waals surface area contributed by atoms with Gasteiger partial charge in [-0.2, -0.15) is 0 Å². The maximum Gasteiger partial charge on any atom is 0.0837 e. The lowest BCUT2D eigenvalue weighted by Crippen LogP contribution is -2.42. The average Bonchev–Trinajstić information content (AvgIpc) is 2.31. The minimum atomic E-state index is 0.183. The summed E-state index contributed by atoms with van der Waals surface area (Å²) in [6.45, 7) is 3.64. The molecule has 1 aliphatic heterocycles. The average molecular weight is 227 g/mol. The normalized spacial score (nSPS) is 22.9. The Morgan fingerprint density at radius 2 is 2.27 bits per heavy atom. The predicted molar refractivity (Wildman–Crippen MR) is 60.0 cm³/mol. The van der Waals surface area contributed by atoms with Crippen LogP contribution in [0.25, 0.3) is 0 Å². The van der Waals surface area contributed by atoms with Crippen molar-refractivity contribution < 1.29 is 4.74 Å². The van der Waals surface area contributed by atoms with E-state index in [1.165, 1.54) is 5.56 Å². The molecule has 82 valence electrons. The third-order valence-corrected chi connectivity index (χ3v) is 2.89. The van der Waals surface area contributed by atoms with Gasteiger partial charge in [-0.15, -0.1) is 11.6 Å². The lowest BCUT2D eigenvalue weighted by molar-refractivity contribution is -0.0194. The van der Waals surface area contributed by atoms with Gasteiger partial charge in [0.25, 0.3) is 0 Å². The minimum Gasteiger partial charge on any atom is -0.374 e. The molecule has 1 saturated heterocycles. The van der Waals surface area contributed by atoms with E-state index in [0.717, 1.165) is 26.2 Å². The molecule has 2 rings (SSSR count). The van der Waals surface area contributed by atoms with Gasteiger partial charge in [-0.3, -0.25) is 9.88 Å². The van der Waals surface area contributed by atoms with Crippen LogP contribution in [0.1, 0.15) is 5.56 Å². The molecule has 0 radical (unpaired) electrons. The summed E-state index contributed by atoms with van der Waals surface area (Å²) in [5, 5.41) is 0. The van der Waals surface area contributed by atoms with Gasteiger partial charge in [-0.1, -0.05) is 0 Å². The number of hydrogen-bond donors (Lipinski definition) is 0. The molecular formula is C11H15ClN2O. The van der Waals surface area contributed by atoms with E-state index < -0.39 is 0 Å². The van der Waals surface area contributed by atoms with Gasteiger partial charge in [0.05, 0.1) is 12.7 Å². The number of hydrogen-bond acceptors (Lipinski definition) is 3. The molecule has 1 fully saturated rings. The third kappa shape index (κ3) is 3.16. The third-order valence-electron chi connectivity index (χ3n) is 2.55. The van der Waals surface area contributed by atoms with Crippen LogP contribution in [0.3, 0.4) is 0 Å². The van der Waals surface area contributed by atoms with E-state index in [0.29, 0.717) is 5.88 Å². The number of halogens is 1. The second kappa shape index (κ2) is 5.45. The van der Waals surface area contributed by atoms with Crippen molar-refractivity contribution in [2.24, 2.45) is 0 Å². The smallest absolute Gasteiger partial charge is 0.0837 e. The van der Waals surface area contributed by atoms with E-state index in [9.17, 15) is 0 Å². The Bertz CT molecular complexity index is 294. The van der Waals surface area contributed by atoms with E-state index >= 15 is 0 Å². The Balaban J connectivity index is 1.89. The first-order chi connectivity index (χ1) is 7.38. The second-order valence-electron chi connectivity index (χ2n) is 3.74. The first-order valence-electron chi connectivity index (χ1n) is 5.17. The highest BCUT2D eigenvalue weighted by Crippen LogP contribution is 2.10. The van der Waals surface area contributed by atoms with Crippen LogP contribution in [0.2, 0.25) is 0 Å². The summed E-state index contributed by atoms with van der Waals surface area (Å²) in [7, 11) is 0. The molecule has 4 heteroatoms. The molecule has 1 aromatic heterocycles. The molecule has 3 nitrogen and oxygen atoms in total. The van der Waals surface area contributed by atoms with Crippen LogP contribution in [0, 0.1) is 0 Å². The molecule has 0 bridgehead atoms. The highest BCUT2D eigenvalue weighted by molar-refractivity contribution is 6.18. The van der Waals surface area contributed by atoms with Gasteiger partial charge in [0, 0.05) is 37.9 Å². The quantitative estimate of drug-likeness (QED) is 0.731. The Morgan fingerprint density at radius 1 is 1.47 bits per heavy atom. The Labute approximate surface area is 95.0 Å². The van der Waals surface area contributed by atoms with Crippen molar-refractivity contribution >= 4 is 11.6 Å². The molecule has 0 aliphatic carbocycles. The highest BCUT2D eigenvalue weighted by atomic mass is 35.5. The van der Waals surface area contributed by atoms with Crippen molar-refractivity contribution in [3.05, 3.63) is 30.1 Å². The van der Waals surface area contributed by atoms with Crippen LogP contribution in [0.5, 0.6) is 0 Å². The van der Waals surface area contributed by atoms with Crippen LogP contribution < -0.4 is 0 Å². The number of pyridine rings is 1. The van der Waals surface area contributed by atoms with Crippen molar-refractivity contribution in [3.8, 4) is 0 Å².